The molecule has 0 saturated heterocycles. The fourth-order valence-corrected chi connectivity index (χ4v) is 4.50. The number of rotatable bonds is 6. The Labute approximate surface area is 198 Å². The van der Waals surface area contributed by atoms with Gasteiger partial charge in [-0.3, -0.25) is 0 Å². The van der Waals surface area contributed by atoms with Gasteiger partial charge >= 0.3 is 12.3 Å². The van der Waals surface area contributed by atoms with Crippen LogP contribution in [-0.2, 0) is 10.9 Å². The first-order valence-corrected chi connectivity index (χ1v) is 10.9. The van der Waals surface area contributed by atoms with E-state index in [0.717, 1.165) is 34.4 Å². The molecular weight excluding hydrogens is 471 g/mol. The minimum atomic E-state index is -4.71. The van der Waals surface area contributed by atoms with Gasteiger partial charge in [0.15, 0.2) is 0 Å². The van der Waals surface area contributed by atoms with Crippen molar-refractivity contribution in [2.24, 2.45) is 0 Å². The normalized spacial score (nSPS) is 14.8. The molecule has 3 aromatic carbocycles. The number of alkyl carbamates (subject to hydrolysis) is 1. The van der Waals surface area contributed by atoms with Gasteiger partial charge in [0.05, 0.1) is 10.6 Å². The summed E-state index contributed by atoms with van der Waals surface area (Å²) in [5.74, 6) is -0.155. The highest BCUT2D eigenvalue weighted by Crippen LogP contribution is 2.44. The van der Waals surface area contributed by atoms with E-state index < -0.39 is 41.6 Å². The van der Waals surface area contributed by atoms with Gasteiger partial charge in [0.25, 0.3) is 0 Å². The molecule has 9 heteroatoms. The van der Waals surface area contributed by atoms with Crippen LogP contribution in [0.3, 0.4) is 0 Å². The molecule has 2 unspecified atom stereocenters. The molecule has 1 amide bonds. The molecule has 1 aliphatic carbocycles. The summed E-state index contributed by atoms with van der Waals surface area (Å²) in [6, 6.07) is 18.7. The quantitative estimate of drug-likeness (QED) is 0.438. The maximum Gasteiger partial charge on any atom is 0.417 e. The summed E-state index contributed by atoms with van der Waals surface area (Å²) in [7, 11) is 0. The maximum absolute atomic E-state index is 13.0. The number of carbonyl (C=O) groups excluding carboxylic acids is 1. The van der Waals surface area contributed by atoms with E-state index in [1.54, 1.807) is 0 Å². The third-order valence-corrected chi connectivity index (χ3v) is 6.24. The van der Waals surface area contributed by atoms with Gasteiger partial charge < -0.3 is 20.3 Å². The first kappa shape index (κ1) is 24.1. The van der Waals surface area contributed by atoms with Crippen molar-refractivity contribution in [2.75, 3.05) is 13.2 Å². The number of nitrogens with one attached hydrogen (secondary N) is 1. The Morgan fingerprint density at radius 2 is 1.56 bits per heavy atom. The van der Waals surface area contributed by atoms with E-state index in [9.17, 15) is 28.2 Å². The number of alkyl halides is 3. The zero-order chi connectivity index (χ0) is 24.5. The van der Waals surface area contributed by atoms with Gasteiger partial charge in [0.1, 0.15) is 18.8 Å². The third kappa shape index (κ3) is 4.75. The molecule has 178 valence electrons. The topological polar surface area (TPSA) is 78.8 Å². The molecule has 0 bridgehead atoms. The van der Waals surface area contributed by atoms with Gasteiger partial charge in [-0.1, -0.05) is 72.3 Å². The van der Waals surface area contributed by atoms with Crippen molar-refractivity contribution in [1.82, 2.24) is 5.32 Å². The van der Waals surface area contributed by atoms with Crippen LogP contribution < -0.4 is 5.32 Å². The number of ether oxygens (including phenoxy) is 1. The molecular formula is C25H21ClF3NO4. The Balaban J connectivity index is 1.36. The summed E-state index contributed by atoms with van der Waals surface area (Å²) < 4.78 is 44.5. The van der Waals surface area contributed by atoms with Crippen LogP contribution in [0.25, 0.3) is 11.1 Å². The van der Waals surface area contributed by atoms with E-state index in [1.165, 1.54) is 6.07 Å². The largest absolute Gasteiger partial charge is 0.449 e. The fourth-order valence-electron chi connectivity index (χ4n) is 4.15. The van der Waals surface area contributed by atoms with Gasteiger partial charge in [-0.15, -0.1) is 0 Å². The number of carbonyl (C=O) groups is 1. The third-order valence-electron chi connectivity index (χ3n) is 5.82. The predicted molar refractivity (Wildman–Crippen MR) is 120 cm³/mol. The lowest BCUT2D eigenvalue weighted by atomic mass is 9.98. The summed E-state index contributed by atoms with van der Waals surface area (Å²) in [6.45, 7) is -0.400. The molecule has 2 atom stereocenters. The van der Waals surface area contributed by atoms with Gasteiger partial charge in [0, 0.05) is 18.0 Å². The second kappa shape index (κ2) is 9.66. The Hall–Kier alpha value is -3.07. The van der Waals surface area contributed by atoms with E-state index in [-0.39, 0.29) is 18.1 Å². The summed E-state index contributed by atoms with van der Waals surface area (Å²) in [4.78, 5) is 12.2. The summed E-state index contributed by atoms with van der Waals surface area (Å²) in [5.41, 5.74) is 2.80. The van der Waals surface area contributed by atoms with Crippen molar-refractivity contribution in [3.05, 3.63) is 94.0 Å². The molecule has 0 aromatic heterocycles. The van der Waals surface area contributed by atoms with Crippen LogP contribution in [0.2, 0.25) is 5.02 Å². The standard InChI is InChI=1S/C25H21ClF3NO4/c26-22-18(10-5-11-20(22)25(27,28)29)23(32)21(31)12-30-24(33)34-13-19-16-8-3-1-6-14(16)15-7-2-4-9-17(15)19/h1-11,19,21,23,31-32H,12-13H2,(H,30,33). The molecule has 3 aromatic rings. The smallest absolute Gasteiger partial charge is 0.417 e. The average molecular weight is 492 g/mol. The summed E-state index contributed by atoms with van der Waals surface area (Å²) in [5, 5.41) is 22.1. The van der Waals surface area contributed by atoms with E-state index in [4.69, 9.17) is 16.3 Å². The highest BCUT2D eigenvalue weighted by atomic mass is 35.5. The minimum Gasteiger partial charge on any atom is -0.449 e. The number of amides is 1. The lowest BCUT2D eigenvalue weighted by Crippen LogP contribution is -2.36. The van der Waals surface area contributed by atoms with Crippen molar-refractivity contribution >= 4 is 17.7 Å². The van der Waals surface area contributed by atoms with E-state index in [2.05, 4.69) is 5.32 Å². The monoisotopic (exact) mass is 491 g/mol. The lowest BCUT2D eigenvalue weighted by Gasteiger charge is -2.21. The number of benzene rings is 3. The SMILES string of the molecule is O=C(NCC(O)C(O)c1cccc(C(F)(F)F)c1Cl)OCC1c2ccccc2-c2ccccc21. The Morgan fingerprint density at radius 3 is 2.15 bits per heavy atom. The van der Waals surface area contributed by atoms with Gasteiger partial charge in [-0.25, -0.2) is 4.79 Å². The molecule has 34 heavy (non-hydrogen) atoms. The average Bonchev–Trinajstić information content (AvgIpc) is 3.14. The molecule has 0 saturated carbocycles. The Morgan fingerprint density at radius 1 is 0.971 bits per heavy atom. The van der Waals surface area contributed by atoms with Crippen LogP contribution in [0, 0.1) is 0 Å². The minimum absolute atomic E-state index is 0.0535. The number of aliphatic hydroxyl groups is 2. The first-order chi connectivity index (χ1) is 16.2. The number of hydrogen-bond donors (Lipinski definition) is 3. The summed E-state index contributed by atoms with van der Waals surface area (Å²) in [6.07, 6.45) is -8.90. The summed E-state index contributed by atoms with van der Waals surface area (Å²) >= 11 is 5.80. The van der Waals surface area contributed by atoms with Crippen molar-refractivity contribution in [1.29, 1.82) is 0 Å². The second-order valence-corrected chi connectivity index (χ2v) is 8.30. The van der Waals surface area contributed by atoms with Gasteiger partial charge in [0.2, 0.25) is 0 Å². The zero-order valence-electron chi connectivity index (χ0n) is 17.7. The van der Waals surface area contributed by atoms with Crippen LogP contribution in [0.5, 0.6) is 0 Å². The lowest BCUT2D eigenvalue weighted by molar-refractivity contribution is -0.137. The van der Waals surface area contributed by atoms with E-state index >= 15 is 0 Å². The number of aliphatic hydroxyl groups excluding tert-OH is 2. The zero-order valence-corrected chi connectivity index (χ0v) is 18.5. The van der Waals surface area contributed by atoms with E-state index in [1.807, 2.05) is 48.5 Å². The molecule has 4 rings (SSSR count). The Kier molecular flexibility index (Phi) is 6.84. The van der Waals surface area contributed by atoms with Gasteiger partial charge in [-0.05, 0) is 28.3 Å². The van der Waals surface area contributed by atoms with Crippen molar-refractivity contribution < 1.29 is 32.9 Å². The molecule has 5 nitrogen and oxygen atoms in total. The molecule has 0 spiro atoms. The van der Waals surface area contributed by atoms with Crippen molar-refractivity contribution in [2.45, 2.75) is 24.3 Å². The first-order valence-electron chi connectivity index (χ1n) is 10.5. The second-order valence-electron chi connectivity index (χ2n) is 7.93. The van der Waals surface area contributed by atoms with Crippen molar-refractivity contribution in [3.63, 3.8) is 0 Å². The molecule has 0 aliphatic heterocycles. The number of fused-ring (bicyclic) bond motifs is 3. The molecule has 1 aliphatic rings. The van der Waals surface area contributed by atoms with E-state index in [0.29, 0.717) is 0 Å². The van der Waals surface area contributed by atoms with Crippen molar-refractivity contribution in [3.8, 4) is 11.1 Å². The van der Waals surface area contributed by atoms with Crippen LogP contribution in [0.1, 0.15) is 34.3 Å². The Bertz CT molecular complexity index is 1160. The number of halogens is 4. The van der Waals surface area contributed by atoms with Crippen LogP contribution in [0.4, 0.5) is 18.0 Å². The number of hydrogen-bond acceptors (Lipinski definition) is 4. The van der Waals surface area contributed by atoms with Crippen LogP contribution >= 0.6 is 11.6 Å². The molecule has 0 radical (unpaired) electrons. The molecule has 0 fully saturated rings. The highest BCUT2D eigenvalue weighted by molar-refractivity contribution is 6.32. The molecule has 0 heterocycles. The predicted octanol–water partition coefficient (Wildman–Crippen LogP) is 5.29. The van der Waals surface area contributed by atoms with Crippen LogP contribution in [-0.4, -0.2) is 35.6 Å². The van der Waals surface area contributed by atoms with Gasteiger partial charge in [-0.2, -0.15) is 13.2 Å². The van der Waals surface area contributed by atoms with Crippen LogP contribution in [0.15, 0.2) is 66.7 Å². The maximum atomic E-state index is 13.0. The highest BCUT2D eigenvalue weighted by Gasteiger charge is 2.35. The fraction of sp³-hybridized carbons (Fsp3) is 0.240. The molecule has 3 N–H and O–H groups in total.